The zero-order valence-corrected chi connectivity index (χ0v) is 9.04. The Hall–Kier alpha value is -0.890. The second-order valence-corrected chi connectivity index (χ2v) is 4.51. The lowest BCUT2D eigenvalue weighted by Gasteiger charge is -2.12. The van der Waals surface area contributed by atoms with Gasteiger partial charge in [-0.3, -0.25) is 0 Å². The average molecular weight is 208 g/mol. The molecule has 1 aliphatic rings. The first-order chi connectivity index (χ1) is 7.18. The molecule has 15 heavy (non-hydrogen) atoms. The number of aliphatic hydroxyl groups is 1. The smallest absolute Gasteiger partial charge is 0.131 e. The van der Waals surface area contributed by atoms with Crippen molar-refractivity contribution in [1.29, 1.82) is 0 Å². The third-order valence-corrected chi connectivity index (χ3v) is 3.13. The van der Waals surface area contributed by atoms with E-state index < -0.39 is 6.10 Å². The lowest BCUT2D eigenvalue weighted by atomic mass is 10.0. The van der Waals surface area contributed by atoms with E-state index in [-0.39, 0.29) is 5.82 Å². The van der Waals surface area contributed by atoms with E-state index in [1.165, 1.54) is 12.8 Å². The summed E-state index contributed by atoms with van der Waals surface area (Å²) in [5.74, 6) is 0.535. The predicted molar refractivity (Wildman–Crippen MR) is 58.1 cm³/mol. The number of aryl methyl sites for hydroxylation is 1. The Labute approximate surface area is 89.9 Å². The number of halogens is 1. The van der Waals surface area contributed by atoms with Gasteiger partial charge in [-0.15, -0.1) is 0 Å². The molecule has 82 valence electrons. The lowest BCUT2D eigenvalue weighted by molar-refractivity contribution is 0.157. The first kappa shape index (κ1) is 10.6. The molecular weight excluding hydrogens is 191 g/mol. The van der Waals surface area contributed by atoms with E-state index in [1.807, 2.05) is 0 Å². The van der Waals surface area contributed by atoms with Crippen LogP contribution in [0.5, 0.6) is 0 Å². The van der Waals surface area contributed by atoms with Gasteiger partial charge in [0.15, 0.2) is 0 Å². The molecule has 1 aliphatic carbocycles. The highest BCUT2D eigenvalue weighted by Crippen LogP contribution is 2.36. The van der Waals surface area contributed by atoms with Gasteiger partial charge in [0.05, 0.1) is 6.10 Å². The summed E-state index contributed by atoms with van der Waals surface area (Å²) in [4.78, 5) is 0. The molecule has 1 aromatic carbocycles. The van der Waals surface area contributed by atoms with E-state index in [0.717, 1.165) is 12.3 Å². The molecular formula is C13H17FO. The minimum atomic E-state index is -0.634. The molecule has 0 saturated heterocycles. The highest BCUT2D eigenvalue weighted by atomic mass is 19.1. The summed E-state index contributed by atoms with van der Waals surface area (Å²) < 4.78 is 13.6. The number of benzene rings is 1. The molecule has 0 spiro atoms. The van der Waals surface area contributed by atoms with Crippen molar-refractivity contribution in [3.63, 3.8) is 0 Å². The van der Waals surface area contributed by atoms with Gasteiger partial charge in [0.1, 0.15) is 5.82 Å². The van der Waals surface area contributed by atoms with E-state index >= 15 is 0 Å². The molecule has 0 bridgehead atoms. The van der Waals surface area contributed by atoms with Gasteiger partial charge in [-0.2, -0.15) is 0 Å². The third-order valence-electron chi connectivity index (χ3n) is 3.13. The Kier molecular flexibility index (Phi) is 3.06. The van der Waals surface area contributed by atoms with Gasteiger partial charge in [0.2, 0.25) is 0 Å². The molecule has 2 heteroatoms. The van der Waals surface area contributed by atoms with Crippen molar-refractivity contribution < 1.29 is 9.50 Å². The van der Waals surface area contributed by atoms with E-state index in [0.29, 0.717) is 17.5 Å². The summed E-state index contributed by atoms with van der Waals surface area (Å²) in [6, 6.07) is 5.21. The molecule has 1 fully saturated rings. The fourth-order valence-corrected chi connectivity index (χ4v) is 1.88. The number of hydrogen-bond donors (Lipinski definition) is 1. The zero-order valence-electron chi connectivity index (χ0n) is 9.04. The lowest BCUT2D eigenvalue weighted by Crippen LogP contribution is -2.02. The maximum atomic E-state index is 13.6. The van der Waals surface area contributed by atoms with Gasteiger partial charge in [-0.25, -0.2) is 4.39 Å². The van der Waals surface area contributed by atoms with Crippen LogP contribution in [-0.4, -0.2) is 5.11 Å². The Morgan fingerprint density at radius 2 is 2.20 bits per heavy atom. The fraction of sp³-hybridized carbons (Fsp3) is 0.538. The van der Waals surface area contributed by atoms with Crippen molar-refractivity contribution >= 4 is 0 Å². The molecule has 1 aromatic rings. The summed E-state index contributed by atoms with van der Waals surface area (Å²) in [7, 11) is 0. The second kappa shape index (κ2) is 4.31. The number of aliphatic hydroxyl groups excluding tert-OH is 1. The quantitative estimate of drug-likeness (QED) is 0.804. The Morgan fingerprint density at radius 1 is 1.47 bits per heavy atom. The van der Waals surface area contributed by atoms with Crippen LogP contribution in [0.4, 0.5) is 4.39 Å². The maximum Gasteiger partial charge on any atom is 0.131 e. The van der Waals surface area contributed by atoms with Crippen LogP contribution in [0.25, 0.3) is 0 Å². The van der Waals surface area contributed by atoms with E-state index in [9.17, 15) is 9.50 Å². The summed E-state index contributed by atoms with van der Waals surface area (Å²) in [5, 5.41) is 9.86. The monoisotopic (exact) mass is 208 g/mol. The summed E-state index contributed by atoms with van der Waals surface area (Å²) in [5.41, 5.74) is 1.06. The molecule has 2 rings (SSSR count). The van der Waals surface area contributed by atoms with Crippen LogP contribution in [0.15, 0.2) is 18.2 Å². The van der Waals surface area contributed by atoms with Crippen molar-refractivity contribution in [2.75, 3.05) is 0 Å². The van der Waals surface area contributed by atoms with Gasteiger partial charge in [-0.05, 0) is 31.2 Å². The average Bonchev–Trinajstić information content (AvgIpc) is 3.02. The number of rotatable bonds is 4. The standard InChI is InChI=1S/C13H17FO/c1-9-3-2-4-11(13(9)14)12(15)8-7-10-5-6-10/h2-4,10,12,15H,5-8H2,1H3. The van der Waals surface area contributed by atoms with Crippen molar-refractivity contribution in [3.05, 3.63) is 35.1 Å². The van der Waals surface area contributed by atoms with Gasteiger partial charge < -0.3 is 5.11 Å². The van der Waals surface area contributed by atoms with Crippen LogP contribution in [0.1, 0.15) is 42.9 Å². The Bertz CT molecular complexity index is 344. The summed E-state index contributed by atoms with van der Waals surface area (Å²) in [6.45, 7) is 1.73. The van der Waals surface area contributed by atoms with Crippen LogP contribution in [0, 0.1) is 18.7 Å². The van der Waals surface area contributed by atoms with Crippen LogP contribution in [0.2, 0.25) is 0 Å². The Morgan fingerprint density at radius 3 is 2.87 bits per heavy atom. The van der Waals surface area contributed by atoms with Crippen molar-refractivity contribution in [1.82, 2.24) is 0 Å². The van der Waals surface area contributed by atoms with Crippen molar-refractivity contribution in [2.24, 2.45) is 5.92 Å². The largest absolute Gasteiger partial charge is 0.388 e. The van der Waals surface area contributed by atoms with Gasteiger partial charge in [0.25, 0.3) is 0 Å². The fourth-order valence-electron chi connectivity index (χ4n) is 1.88. The molecule has 0 heterocycles. The molecule has 0 radical (unpaired) electrons. The van der Waals surface area contributed by atoms with Gasteiger partial charge in [-0.1, -0.05) is 31.0 Å². The molecule has 1 saturated carbocycles. The van der Waals surface area contributed by atoms with Crippen LogP contribution < -0.4 is 0 Å². The molecule has 1 nitrogen and oxygen atoms in total. The van der Waals surface area contributed by atoms with Crippen LogP contribution >= 0.6 is 0 Å². The van der Waals surface area contributed by atoms with Crippen LogP contribution in [0.3, 0.4) is 0 Å². The minimum Gasteiger partial charge on any atom is -0.388 e. The molecule has 1 N–H and O–H groups in total. The zero-order chi connectivity index (χ0) is 10.8. The SMILES string of the molecule is Cc1cccc(C(O)CCC2CC2)c1F. The van der Waals surface area contributed by atoms with Crippen molar-refractivity contribution in [2.45, 2.75) is 38.7 Å². The van der Waals surface area contributed by atoms with Gasteiger partial charge >= 0.3 is 0 Å². The highest BCUT2D eigenvalue weighted by molar-refractivity contribution is 5.26. The summed E-state index contributed by atoms with van der Waals surface area (Å²) in [6.07, 6.45) is 3.64. The Balaban J connectivity index is 2.02. The molecule has 0 amide bonds. The molecule has 0 aliphatic heterocycles. The van der Waals surface area contributed by atoms with E-state index in [4.69, 9.17) is 0 Å². The molecule has 0 aromatic heterocycles. The third kappa shape index (κ3) is 2.57. The maximum absolute atomic E-state index is 13.6. The van der Waals surface area contributed by atoms with E-state index in [2.05, 4.69) is 0 Å². The van der Waals surface area contributed by atoms with E-state index in [1.54, 1.807) is 25.1 Å². The predicted octanol–water partition coefficient (Wildman–Crippen LogP) is 3.36. The first-order valence-electron chi connectivity index (χ1n) is 5.61. The normalized spacial score (nSPS) is 17.8. The summed E-state index contributed by atoms with van der Waals surface area (Å²) >= 11 is 0. The second-order valence-electron chi connectivity index (χ2n) is 4.51. The minimum absolute atomic E-state index is 0.249. The van der Waals surface area contributed by atoms with Crippen molar-refractivity contribution in [3.8, 4) is 0 Å². The molecule has 1 atom stereocenters. The topological polar surface area (TPSA) is 20.2 Å². The van der Waals surface area contributed by atoms with Gasteiger partial charge in [0, 0.05) is 5.56 Å². The highest BCUT2D eigenvalue weighted by Gasteiger charge is 2.23. The van der Waals surface area contributed by atoms with Crippen LogP contribution in [-0.2, 0) is 0 Å². The molecule has 1 unspecified atom stereocenters. The first-order valence-corrected chi connectivity index (χ1v) is 5.61. The number of hydrogen-bond acceptors (Lipinski definition) is 1.